The van der Waals surface area contributed by atoms with Crippen molar-refractivity contribution in [1.29, 1.82) is 0 Å². The smallest absolute Gasteiger partial charge is 0.252 e. The Morgan fingerprint density at radius 3 is 2.67 bits per heavy atom. The normalized spacial score (nSPS) is 10.4. The van der Waals surface area contributed by atoms with Crippen molar-refractivity contribution in [2.75, 3.05) is 7.11 Å². The standard InChI is InChI=1S/C14H14N2O5/c1-8(18)13-14(20)12(19)6-16(15-13)10-3-9(7-17)4-11(5-10)21-2/h3-6,17,19H,7H2,1-2H3. The molecule has 1 aromatic heterocycles. The lowest BCUT2D eigenvalue weighted by Gasteiger charge is -2.11. The molecule has 2 N–H and O–H groups in total. The second-order valence-corrected chi connectivity index (χ2v) is 4.39. The maximum atomic E-state index is 11.6. The fraction of sp³-hybridized carbons (Fsp3) is 0.214. The van der Waals surface area contributed by atoms with Crippen LogP contribution >= 0.6 is 0 Å². The predicted molar refractivity (Wildman–Crippen MR) is 74.0 cm³/mol. The summed E-state index contributed by atoms with van der Waals surface area (Å²) < 4.78 is 6.30. The van der Waals surface area contributed by atoms with E-state index in [1.807, 2.05) is 0 Å². The largest absolute Gasteiger partial charge is 0.503 e. The lowest BCUT2D eigenvalue weighted by atomic mass is 10.2. The van der Waals surface area contributed by atoms with Crippen molar-refractivity contribution in [2.45, 2.75) is 13.5 Å². The van der Waals surface area contributed by atoms with Gasteiger partial charge in [-0.25, -0.2) is 4.68 Å². The molecule has 0 aliphatic carbocycles. The molecule has 0 atom stereocenters. The Labute approximate surface area is 120 Å². The summed E-state index contributed by atoms with van der Waals surface area (Å²) >= 11 is 0. The van der Waals surface area contributed by atoms with Crippen LogP contribution in [-0.2, 0) is 6.61 Å². The van der Waals surface area contributed by atoms with E-state index in [2.05, 4.69) is 5.10 Å². The minimum atomic E-state index is -0.816. The van der Waals surface area contributed by atoms with Crippen LogP contribution in [0.15, 0.2) is 29.2 Å². The van der Waals surface area contributed by atoms with Gasteiger partial charge >= 0.3 is 0 Å². The number of Topliss-reactive ketones (excluding diaryl/α,β-unsaturated/α-hetero) is 1. The van der Waals surface area contributed by atoms with Gasteiger partial charge in [0.05, 0.1) is 25.6 Å². The van der Waals surface area contributed by atoms with E-state index in [1.165, 1.54) is 18.7 Å². The molecule has 0 radical (unpaired) electrons. The highest BCUT2D eigenvalue weighted by Crippen LogP contribution is 2.20. The van der Waals surface area contributed by atoms with Crippen molar-refractivity contribution in [3.05, 3.63) is 45.9 Å². The third-order valence-corrected chi connectivity index (χ3v) is 2.87. The molecule has 0 aliphatic heterocycles. The molecule has 0 saturated heterocycles. The molecule has 0 saturated carbocycles. The Hall–Kier alpha value is -2.67. The molecule has 1 heterocycles. The number of hydrogen-bond donors (Lipinski definition) is 2. The van der Waals surface area contributed by atoms with Crippen LogP contribution in [-0.4, -0.2) is 32.9 Å². The first-order chi connectivity index (χ1) is 9.96. The van der Waals surface area contributed by atoms with Crippen molar-refractivity contribution in [3.8, 4) is 17.2 Å². The van der Waals surface area contributed by atoms with E-state index in [-0.39, 0.29) is 12.3 Å². The second kappa shape index (κ2) is 5.76. The van der Waals surface area contributed by atoms with Crippen molar-refractivity contribution in [3.63, 3.8) is 0 Å². The van der Waals surface area contributed by atoms with E-state index in [1.54, 1.807) is 18.2 Å². The first kappa shape index (κ1) is 14.7. The van der Waals surface area contributed by atoms with Gasteiger partial charge in [0, 0.05) is 13.0 Å². The molecule has 2 aromatic rings. The van der Waals surface area contributed by atoms with Gasteiger partial charge in [-0.1, -0.05) is 0 Å². The molecule has 0 fully saturated rings. The highest BCUT2D eigenvalue weighted by atomic mass is 16.5. The molecular weight excluding hydrogens is 276 g/mol. The van der Waals surface area contributed by atoms with Crippen LogP contribution in [0, 0.1) is 0 Å². The molecule has 0 bridgehead atoms. The average molecular weight is 290 g/mol. The summed E-state index contributed by atoms with van der Waals surface area (Å²) in [5.41, 5.74) is -0.169. The van der Waals surface area contributed by atoms with Gasteiger partial charge in [-0.15, -0.1) is 0 Å². The summed E-state index contributed by atoms with van der Waals surface area (Å²) in [6.45, 7) is 0.980. The van der Waals surface area contributed by atoms with Crippen LogP contribution in [0.4, 0.5) is 0 Å². The number of hydrogen-bond acceptors (Lipinski definition) is 6. The fourth-order valence-corrected chi connectivity index (χ4v) is 1.83. The number of aliphatic hydroxyl groups excluding tert-OH is 1. The first-order valence-electron chi connectivity index (χ1n) is 6.09. The Morgan fingerprint density at radius 2 is 2.10 bits per heavy atom. The number of carbonyl (C=O) groups is 1. The highest BCUT2D eigenvalue weighted by Gasteiger charge is 2.14. The highest BCUT2D eigenvalue weighted by molar-refractivity contribution is 5.92. The van der Waals surface area contributed by atoms with Crippen LogP contribution in [0.5, 0.6) is 11.5 Å². The molecule has 7 nitrogen and oxygen atoms in total. The molecule has 2 rings (SSSR count). The molecule has 0 amide bonds. The Kier molecular flexibility index (Phi) is 4.04. The van der Waals surface area contributed by atoms with Gasteiger partial charge in [-0.2, -0.15) is 5.10 Å². The number of ether oxygens (including phenoxy) is 1. The molecule has 21 heavy (non-hydrogen) atoms. The molecule has 0 aliphatic rings. The number of aromatic nitrogens is 2. The summed E-state index contributed by atoms with van der Waals surface area (Å²) in [5.74, 6) is -0.653. The summed E-state index contributed by atoms with van der Waals surface area (Å²) in [5, 5.41) is 22.8. The minimum absolute atomic E-state index is 0.212. The fourth-order valence-electron chi connectivity index (χ4n) is 1.83. The zero-order valence-corrected chi connectivity index (χ0v) is 11.5. The van der Waals surface area contributed by atoms with Gasteiger partial charge in [-0.05, 0) is 17.7 Å². The number of aliphatic hydroxyl groups is 1. The number of rotatable bonds is 4. The van der Waals surface area contributed by atoms with E-state index < -0.39 is 17.0 Å². The van der Waals surface area contributed by atoms with Gasteiger partial charge in [0.15, 0.2) is 17.2 Å². The number of nitrogens with zero attached hydrogens (tertiary/aromatic N) is 2. The van der Waals surface area contributed by atoms with E-state index in [4.69, 9.17) is 4.74 Å². The number of benzene rings is 1. The van der Waals surface area contributed by atoms with Crippen molar-refractivity contribution < 1.29 is 19.7 Å². The molecule has 110 valence electrons. The average Bonchev–Trinajstić information content (AvgIpc) is 2.48. The van der Waals surface area contributed by atoms with E-state index in [0.29, 0.717) is 17.0 Å². The summed E-state index contributed by atoms with van der Waals surface area (Å²) in [6, 6.07) is 4.83. The van der Waals surface area contributed by atoms with E-state index in [0.717, 1.165) is 6.20 Å². The summed E-state index contributed by atoms with van der Waals surface area (Å²) in [7, 11) is 1.47. The van der Waals surface area contributed by atoms with E-state index >= 15 is 0 Å². The Morgan fingerprint density at radius 1 is 1.38 bits per heavy atom. The third kappa shape index (κ3) is 2.92. The molecule has 0 spiro atoms. The van der Waals surface area contributed by atoms with Crippen molar-refractivity contribution in [2.24, 2.45) is 0 Å². The zero-order valence-electron chi connectivity index (χ0n) is 11.5. The molecule has 7 heteroatoms. The lowest BCUT2D eigenvalue weighted by Crippen LogP contribution is -2.19. The maximum Gasteiger partial charge on any atom is 0.252 e. The van der Waals surface area contributed by atoms with Crippen LogP contribution in [0.2, 0.25) is 0 Å². The monoisotopic (exact) mass is 290 g/mol. The number of methoxy groups -OCH3 is 1. The van der Waals surface area contributed by atoms with Crippen molar-refractivity contribution in [1.82, 2.24) is 9.78 Å². The number of carbonyl (C=O) groups excluding carboxylic acids is 1. The van der Waals surface area contributed by atoms with Gasteiger partial charge in [0.2, 0.25) is 0 Å². The van der Waals surface area contributed by atoms with Gasteiger partial charge in [0.1, 0.15) is 5.75 Å². The van der Waals surface area contributed by atoms with Crippen molar-refractivity contribution >= 4 is 5.78 Å². The Bertz CT molecular complexity index is 729. The minimum Gasteiger partial charge on any atom is -0.503 e. The van der Waals surface area contributed by atoms with Gasteiger partial charge in [-0.3, -0.25) is 9.59 Å². The van der Waals surface area contributed by atoms with E-state index in [9.17, 15) is 19.8 Å². The van der Waals surface area contributed by atoms with Gasteiger partial charge < -0.3 is 14.9 Å². The Balaban J connectivity index is 2.67. The van der Waals surface area contributed by atoms with Crippen LogP contribution in [0.1, 0.15) is 23.0 Å². The predicted octanol–water partition coefficient (Wildman–Crippen LogP) is 0.642. The number of ketones is 1. The van der Waals surface area contributed by atoms with Gasteiger partial charge in [0.25, 0.3) is 5.43 Å². The second-order valence-electron chi connectivity index (χ2n) is 4.39. The third-order valence-electron chi connectivity index (χ3n) is 2.87. The molecular formula is C14H14N2O5. The number of aromatic hydroxyl groups is 1. The topological polar surface area (TPSA) is 102 Å². The quantitative estimate of drug-likeness (QED) is 0.801. The SMILES string of the molecule is COc1cc(CO)cc(-n2cc(O)c(=O)c(C(C)=O)n2)c1. The molecule has 0 unspecified atom stereocenters. The summed E-state index contributed by atoms with van der Waals surface area (Å²) in [6.07, 6.45) is 1.10. The zero-order chi connectivity index (χ0) is 15.6. The van der Waals surface area contributed by atoms with Crippen LogP contribution in [0.3, 0.4) is 0 Å². The maximum absolute atomic E-state index is 11.6. The lowest BCUT2D eigenvalue weighted by molar-refractivity contribution is 0.100. The van der Waals surface area contributed by atoms with Crippen LogP contribution < -0.4 is 10.2 Å². The first-order valence-corrected chi connectivity index (χ1v) is 6.09. The van der Waals surface area contributed by atoms with Crippen LogP contribution in [0.25, 0.3) is 5.69 Å². The summed E-state index contributed by atoms with van der Waals surface area (Å²) in [4.78, 5) is 23.0. The molecule has 1 aromatic carbocycles.